The summed E-state index contributed by atoms with van der Waals surface area (Å²) in [5, 5.41) is 17.9. The van der Waals surface area contributed by atoms with Gasteiger partial charge in [0.15, 0.2) is 0 Å². The van der Waals surface area contributed by atoms with Gasteiger partial charge >= 0.3 is 5.97 Å². The van der Waals surface area contributed by atoms with E-state index in [9.17, 15) is 19.5 Å². The summed E-state index contributed by atoms with van der Waals surface area (Å²) in [4.78, 5) is 36.2. The van der Waals surface area contributed by atoms with E-state index >= 15 is 0 Å². The SMILES string of the molecule is C/C(Nc1ccc(C(=O)Nc2ccccc2N)cc1)=C1\C(=O)Nc2ccc(C(=O)O)cc21. The third kappa shape index (κ3) is 4.01. The molecule has 1 aliphatic heterocycles. The van der Waals surface area contributed by atoms with E-state index in [1.54, 1.807) is 61.5 Å². The third-order valence-corrected chi connectivity index (χ3v) is 5.07. The molecular formula is C24H20N4O4. The summed E-state index contributed by atoms with van der Waals surface area (Å²) in [6.45, 7) is 1.73. The number of aromatic carboxylic acids is 1. The molecule has 3 aromatic rings. The number of nitrogens with two attached hydrogens (primary N) is 1. The molecule has 0 aromatic heterocycles. The molecule has 0 saturated heterocycles. The van der Waals surface area contributed by atoms with Gasteiger partial charge in [0.1, 0.15) is 0 Å². The van der Waals surface area contributed by atoms with E-state index in [0.29, 0.717) is 45.1 Å². The van der Waals surface area contributed by atoms with Crippen LogP contribution >= 0.6 is 0 Å². The van der Waals surface area contributed by atoms with Crippen molar-refractivity contribution in [2.24, 2.45) is 0 Å². The van der Waals surface area contributed by atoms with Crippen LogP contribution in [-0.2, 0) is 4.79 Å². The number of nitrogens with one attached hydrogen (secondary N) is 3. The van der Waals surface area contributed by atoms with Crippen LogP contribution in [0.4, 0.5) is 22.7 Å². The molecule has 3 aromatic carbocycles. The van der Waals surface area contributed by atoms with Gasteiger partial charge in [-0.1, -0.05) is 12.1 Å². The van der Waals surface area contributed by atoms with Crippen molar-refractivity contribution in [3.8, 4) is 0 Å². The van der Waals surface area contributed by atoms with E-state index < -0.39 is 5.97 Å². The van der Waals surface area contributed by atoms with Crippen molar-refractivity contribution in [2.75, 3.05) is 21.7 Å². The number of carbonyl (C=O) groups excluding carboxylic acids is 2. The first kappa shape index (κ1) is 20.7. The number of rotatable bonds is 5. The van der Waals surface area contributed by atoms with Crippen molar-refractivity contribution in [1.29, 1.82) is 0 Å². The van der Waals surface area contributed by atoms with E-state index in [1.807, 2.05) is 0 Å². The van der Waals surface area contributed by atoms with E-state index in [0.717, 1.165) is 0 Å². The first-order valence-corrected chi connectivity index (χ1v) is 9.76. The molecule has 160 valence electrons. The number of carboxylic acids is 1. The summed E-state index contributed by atoms with van der Waals surface area (Å²) in [5.41, 5.74) is 10.1. The minimum Gasteiger partial charge on any atom is -0.478 e. The predicted octanol–water partition coefficient (Wildman–Crippen LogP) is 4.01. The number of carbonyl (C=O) groups is 3. The maximum Gasteiger partial charge on any atom is 0.335 e. The van der Waals surface area contributed by atoms with Crippen molar-refractivity contribution in [3.63, 3.8) is 0 Å². The highest BCUT2D eigenvalue weighted by Crippen LogP contribution is 2.35. The molecule has 0 fully saturated rings. The van der Waals surface area contributed by atoms with Gasteiger partial charge in [0.05, 0.1) is 22.5 Å². The molecule has 0 spiro atoms. The maximum atomic E-state index is 12.5. The Bertz CT molecular complexity index is 1280. The number of hydrogen-bond donors (Lipinski definition) is 5. The quantitative estimate of drug-likeness (QED) is 0.308. The average molecular weight is 428 g/mol. The van der Waals surface area contributed by atoms with Gasteiger partial charge in [0, 0.05) is 28.2 Å². The monoisotopic (exact) mass is 428 g/mol. The Morgan fingerprint density at radius 2 is 1.62 bits per heavy atom. The van der Waals surface area contributed by atoms with E-state index in [4.69, 9.17) is 5.73 Å². The van der Waals surface area contributed by atoms with E-state index in [2.05, 4.69) is 16.0 Å². The summed E-state index contributed by atoms with van der Waals surface area (Å²) < 4.78 is 0. The van der Waals surface area contributed by atoms with E-state index in [-0.39, 0.29) is 17.4 Å². The van der Waals surface area contributed by atoms with Gasteiger partial charge in [-0.25, -0.2) is 4.79 Å². The molecule has 4 rings (SSSR count). The van der Waals surface area contributed by atoms with E-state index in [1.165, 1.54) is 12.1 Å². The molecule has 6 N–H and O–H groups in total. The second-order valence-corrected chi connectivity index (χ2v) is 7.26. The molecule has 32 heavy (non-hydrogen) atoms. The van der Waals surface area contributed by atoms with Crippen LogP contribution in [0.2, 0.25) is 0 Å². The zero-order chi connectivity index (χ0) is 22.8. The molecule has 0 bridgehead atoms. The Labute approximate surface area is 183 Å². The first-order valence-electron chi connectivity index (χ1n) is 9.76. The summed E-state index contributed by atoms with van der Waals surface area (Å²) in [6, 6.07) is 18.2. The molecule has 1 aliphatic rings. The van der Waals surface area contributed by atoms with Crippen molar-refractivity contribution < 1.29 is 19.5 Å². The number of benzene rings is 3. The summed E-state index contributed by atoms with van der Waals surface area (Å²) in [7, 11) is 0. The molecule has 1 heterocycles. The van der Waals surface area contributed by atoms with Crippen LogP contribution in [-0.4, -0.2) is 22.9 Å². The third-order valence-electron chi connectivity index (χ3n) is 5.07. The van der Waals surface area contributed by atoms with Crippen LogP contribution in [0, 0.1) is 0 Å². The molecule has 8 nitrogen and oxygen atoms in total. The van der Waals surface area contributed by atoms with Gasteiger partial charge in [-0.05, 0) is 61.5 Å². The zero-order valence-corrected chi connectivity index (χ0v) is 17.1. The molecule has 0 atom stereocenters. The van der Waals surface area contributed by atoms with Gasteiger partial charge in [0.25, 0.3) is 11.8 Å². The summed E-state index contributed by atoms with van der Waals surface area (Å²) in [6.07, 6.45) is 0. The first-order chi connectivity index (χ1) is 15.3. The standard InChI is InChI=1S/C24H20N4O4/c1-13(21-17-12-15(24(31)32)8-11-19(17)27-23(21)30)26-16-9-6-14(7-10-16)22(29)28-20-5-3-2-4-18(20)25/h2-12,26H,25H2,1H3,(H,27,30)(H,28,29)(H,31,32)/b21-13+. The molecule has 2 amide bonds. The van der Waals surface area contributed by atoms with Crippen LogP contribution in [0.5, 0.6) is 0 Å². The molecule has 0 unspecified atom stereocenters. The fourth-order valence-electron chi connectivity index (χ4n) is 3.46. The van der Waals surface area contributed by atoms with Gasteiger partial charge in [-0.2, -0.15) is 0 Å². The lowest BCUT2D eigenvalue weighted by atomic mass is 10.0. The average Bonchev–Trinajstić information content (AvgIpc) is 3.10. The van der Waals surface area contributed by atoms with Crippen LogP contribution in [0.3, 0.4) is 0 Å². The van der Waals surface area contributed by atoms with Crippen LogP contribution < -0.4 is 21.7 Å². The Balaban J connectivity index is 1.54. The van der Waals surface area contributed by atoms with Gasteiger partial charge in [0.2, 0.25) is 0 Å². The number of nitrogen functional groups attached to an aromatic ring is 1. The minimum absolute atomic E-state index is 0.0972. The Kier molecular flexibility index (Phi) is 5.34. The Morgan fingerprint density at radius 3 is 2.31 bits per heavy atom. The highest BCUT2D eigenvalue weighted by molar-refractivity contribution is 6.32. The fourth-order valence-corrected chi connectivity index (χ4v) is 3.46. The number of allylic oxidation sites excluding steroid dienone is 1. The highest BCUT2D eigenvalue weighted by Gasteiger charge is 2.27. The number of carboxylic acid groups (broad SMARTS) is 1. The number of para-hydroxylation sites is 2. The van der Waals surface area contributed by atoms with Crippen molar-refractivity contribution in [1.82, 2.24) is 0 Å². The normalized spacial score (nSPS) is 13.7. The lowest BCUT2D eigenvalue weighted by Gasteiger charge is -2.11. The lowest BCUT2D eigenvalue weighted by Crippen LogP contribution is -2.13. The van der Waals surface area contributed by atoms with Gasteiger partial charge < -0.3 is 26.8 Å². The van der Waals surface area contributed by atoms with Crippen molar-refractivity contribution in [2.45, 2.75) is 6.92 Å². The van der Waals surface area contributed by atoms with Crippen LogP contribution in [0.15, 0.2) is 72.4 Å². The topological polar surface area (TPSA) is 134 Å². The lowest BCUT2D eigenvalue weighted by molar-refractivity contribution is -0.110. The van der Waals surface area contributed by atoms with Crippen molar-refractivity contribution in [3.05, 3.63) is 89.1 Å². The Morgan fingerprint density at radius 1 is 0.938 bits per heavy atom. The summed E-state index contributed by atoms with van der Waals surface area (Å²) >= 11 is 0. The molecule has 0 radical (unpaired) electrons. The minimum atomic E-state index is -1.07. The van der Waals surface area contributed by atoms with Gasteiger partial charge in [-0.15, -0.1) is 0 Å². The predicted molar refractivity (Wildman–Crippen MR) is 123 cm³/mol. The fraction of sp³-hybridized carbons (Fsp3) is 0.0417. The van der Waals surface area contributed by atoms with Crippen LogP contribution in [0.1, 0.15) is 33.2 Å². The second kappa shape index (κ2) is 8.27. The molecular weight excluding hydrogens is 408 g/mol. The largest absolute Gasteiger partial charge is 0.478 e. The zero-order valence-electron chi connectivity index (χ0n) is 17.1. The second-order valence-electron chi connectivity index (χ2n) is 7.26. The molecule has 0 saturated carbocycles. The maximum absolute atomic E-state index is 12.5. The number of fused-ring (bicyclic) bond motifs is 1. The van der Waals surface area contributed by atoms with Crippen LogP contribution in [0.25, 0.3) is 5.57 Å². The number of hydrogen-bond acceptors (Lipinski definition) is 5. The number of amides is 2. The van der Waals surface area contributed by atoms with Gasteiger partial charge in [-0.3, -0.25) is 9.59 Å². The molecule has 0 aliphatic carbocycles. The number of anilines is 4. The van der Waals surface area contributed by atoms with Crippen molar-refractivity contribution >= 4 is 46.1 Å². The Hall–Kier alpha value is -4.59. The summed E-state index contributed by atoms with van der Waals surface area (Å²) in [5.74, 6) is -1.68. The molecule has 8 heteroatoms. The smallest absolute Gasteiger partial charge is 0.335 e. The highest BCUT2D eigenvalue weighted by atomic mass is 16.4.